The summed E-state index contributed by atoms with van der Waals surface area (Å²) in [5.74, 6) is 0.497. The lowest BCUT2D eigenvalue weighted by atomic mass is 10.0. The smallest absolute Gasteiger partial charge is 0.264 e. The summed E-state index contributed by atoms with van der Waals surface area (Å²) >= 11 is 1.40. The second-order valence-electron chi connectivity index (χ2n) is 6.14. The van der Waals surface area contributed by atoms with E-state index in [1.807, 2.05) is 11.4 Å². The monoisotopic (exact) mass is 373 g/mol. The predicted octanol–water partition coefficient (Wildman–Crippen LogP) is 2.72. The third-order valence-electron chi connectivity index (χ3n) is 4.31. The Morgan fingerprint density at radius 2 is 2.04 bits per heavy atom. The molecule has 7 heteroatoms. The molecule has 0 spiro atoms. The Hall–Kier alpha value is -2.38. The summed E-state index contributed by atoms with van der Waals surface area (Å²) in [4.78, 5) is 27.8. The van der Waals surface area contributed by atoms with E-state index in [1.54, 1.807) is 35.2 Å². The van der Waals surface area contributed by atoms with Crippen molar-refractivity contribution in [2.24, 2.45) is 5.73 Å². The van der Waals surface area contributed by atoms with Crippen LogP contribution < -0.4 is 15.8 Å². The molecule has 1 unspecified atom stereocenters. The fraction of sp³-hybridized carbons (Fsp3) is 0.368. The van der Waals surface area contributed by atoms with Gasteiger partial charge in [0.2, 0.25) is 5.91 Å². The summed E-state index contributed by atoms with van der Waals surface area (Å²) < 4.78 is 5.43. The third kappa shape index (κ3) is 4.42. The molecule has 0 aliphatic carbocycles. The molecular weight excluding hydrogens is 350 g/mol. The number of carbonyl (C=O) groups excluding carboxylic acids is 2. The van der Waals surface area contributed by atoms with Crippen LogP contribution in [0.4, 0.5) is 5.69 Å². The van der Waals surface area contributed by atoms with E-state index in [2.05, 4.69) is 5.32 Å². The zero-order chi connectivity index (χ0) is 18.4. The molecule has 26 heavy (non-hydrogen) atoms. The van der Waals surface area contributed by atoms with Gasteiger partial charge in [0.1, 0.15) is 18.4 Å². The summed E-state index contributed by atoms with van der Waals surface area (Å²) in [5, 5.41) is 4.79. The Labute approximate surface area is 156 Å². The Bertz CT molecular complexity index is 731. The summed E-state index contributed by atoms with van der Waals surface area (Å²) in [6.07, 6.45) is 2.55. The second-order valence-corrected chi connectivity index (χ2v) is 7.09. The van der Waals surface area contributed by atoms with E-state index in [1.165, 1.54) is 11.3 Å². The Kier molecular flexibility index (Phi) is 6.25. The van der Waals surface area contributed by atoms with Gasteiger partial charge in [-0.1, -0.05) is 6.07 Å². The highest BCUT2D eigenvalue weighted by molar-refractivity contribution is 7.12. The lowest BCUT2D eigenvalue weighted by Gasteiger charge is -2.34. The van der Waals surface area contributed by atoms with Crippen LogP contribution >= 0.6 is 11.3 Å². The summed E-state index contributed by atoms with van der Waals surface area (Å²) in [5.41, 5.74) is 6.10. The topological polar surface area (TPSA) is 84.7 Å². The van der Waals surface area contributed by atoms with Crippen LogP contribution in [0.3, 0.4) is 0 Å². The van der Waals surface area contributed by atoms with Gasteiger partial charge in [-0.2, -0.15) is 0 Å². The number of benzene rings is 1. The largest absolute Gasteiger partial charge is 0.492 e. The SMILES string of the molecule is NCCOc1ccc(NC(=O)C2CCCCN2C(=O)c2cccs2)cc1. The zero-order valence-electron chi connectivity index (χ0n) is 14.5. The van der Waals surface area contributed by atoms with E-state index >= 15 is 0 Å². The number of hydrogen-bond donors (Lipinski definition) is 2. The van der Waals surface area contributed by atoms with Gasteiger partial charge in [-0.05, 0) is 55.0 Å². The molecule has 138 valence electrons. The van der Waals surface area contributed by atoms with Crippen LogP contribution in [0.25, 0.3) is 0 Å². The number of anilines is 1. The van der Waals surface area contributed by atoms with Crippen LogP contribution in [-0.2, 0) is 4.79 Å². The number of nitrogens with zero attached hydrogens (tertiary/aromatic N) is 1. The first-order valence-electron chi connectivity index (χ1n) is 8.77. The normalized spacial score (nSPS) is 17.0. The van der Waals surface area contributed by atoms with Gasteiger partial charge in [-0.25, -0.2) is 0 Å². The van der Waals surface area contributed by atoms with Crippen LogP contribution in [0.5, 0.6) is 5.75 Å². The standard InChI is InChI=1S/C19H23N3O3S/c20-10-12-25-15-8-6-14(7-9-15)21-18(23)16-4-1-2-11-22(16)19(24)17-5-3-13-26-17/h3,5-9,13,16H,1-2,4,10-12,20H2,(H,21,23). The van der Waals surface area contributed by atoms with Gasteiger partial charge < -0.3 is 20.7 Å². The van der Waals surface area contributed by atoms with E-state index in [0.29, 0.717) is 42.4 Å². The lowest BCUT2D eigenvalue weighted by Crippen LogP contribution is -2.49. The molecular formula is C19H23N3O3S. The van der Waals surface area contributed by atoms with E-state index in [4.69, 9.17) is 10.5 Å². The summed E-state index contributed by atoms with van der Waals surface area (Å²) in [7, 11) is 0. The molecule has 1 saturated heterocycles. The summed E-state index contributed by atoms with van der Waals surface area (Å²) in [6, 6.07) is 10.4. The molecule has 0 saturated carbocycles. The van der Waals surface area contributed by atoms with Crippen LogP contribution in [-0.4, -0.2) is 42.5 Å². The molecule has 0 radical (unpaired) electrons. The molecule has 0 bridgehead atoms. The Morgan fingerprint density at radius 3 is 2.73 bits per heavy atom. The van der Waals surface area contributed by atoms with Crippen LogP contribution in [0, 0.1) is 0 Å². The maximum absolute atomic E-state index is 12.8. The van der Waals surface area contributed by atoms with E-state index < -0.39 is 6.04 Å². The molecule has 1 aliphatic heterocycles. The van der Waals surface area contributed by atoms with E-state index in [9.17, 15) is 9.59 Å². The number of carbonyl (C=O) groups is 2. The van der Waals surface area contributed by atoms with Crippen molar-refractivity contribution in [2.45, 2.75) is 25.3 Å². The van der Waals surface area contributed by atoms with Gasteiger partial charge in [0.15, 0.2) is 0 Å². The number of nitrogens with two attached hydrogens (primary N) is 1. The maximum atomic E-state index is 12.8. The zero-order valence-corrected chi connectivity index (χ0v) is 15.3. The number of nitrogens with one attached hydrogen (secondary N) is 1. The van der Waals surface area contributed by atoms with Crippen molar-refractivity contribution in [3.8, 4) is 5.75 Å². The van der Waals surface area contributed by atoms with Gasteiger partial charge >= 0.3 is 0 Å². The average molecular weight is 373 g/mol. The third-order valence-corrected chi connectivity index (χ3v) is 5.16. The van der Waals surface area contributed by atoms with E-state index in [-0.39, 0.29) is 11.8 Å². The highest BCUT2D eigenvalue weighted by Gasteiger charge is 2.33. The average Bonchev–Trinajstić information content (AvgIpc) is 3.21. The van der Waals surface area contributed by atoms with Crippen LogP contribution in [0.1, 0.15) is 28.9 Å². The first-order chi connectivity index (χ1) is 12.7. The fourth-order valence-corrected chi connectivity index (χ4v) is 3.70. The lowest BCUT2D eigenvalue weighted by molar-refractivity contribution is -0.121. The molecule has 1 atom stereocenters. The van der Waals surface area contributed by atoms with Crippen molar-refractivity contribution in [3.05, 3.63) is 46.7 Å². The molecule has 1 aromatic carbocycles. The minimum absolute atomic E-state index is 0.0645. The van der Waals surface area contributed by atoms with Gasteiger partial charge in [0.05, 0.1) is 4.88 Å². The predicted molar refractivity (Wildman–Crippen MR) is 103 cm³/mol. The van der Waals surface area contributed by atoms with Gasteiger partial charge in [-0.3, -0.25) is 9.59 Å². The molecule has 3 N–H and O–H groups in total. The van der Waals surface area contributed by atoms with Crippen molar-refractivity contribution in [1.82, 2.24) is 4.90 Å². The number of hydrogen-bond acceptors (Lipinski definition) is 5. The van der Waals surface area contributed by atoms with Gasteiger partial charge in [0, 0.05) is 18.8 Å². The van der Waals surface area contributed by atoms with Crippen molar-refractivity contribution < 1.29 is 14.3 Å². The number of piperidine rings is 1. The van der Waals surface area contributed by atoms with Crippen molar-refractivity contribution >= 4 is 28.8 Å². The number of likely N-dealkylation sites (tertiary alicyclic amines) is 1. The summed E-state index contributed by atoms with van der Waals surface area (Å²) in [6.45, 7) is 1.52. The first-order valence-corrected chi connectivity index (χ1v) is 9.65. The fourth-order valence-electron chi connectivity index (χ4n) is 3.03. The molecule has 1 aliphatic rings. The molecule has 1 aromatic heterocycles. The van der Waals surface area contributed by atoms with Crippen LogP contribution in [0.2, 0.25) is 0 Å². The van der Waals surface area contributed by atoms with Crippen molar-refractivity contribution in [2.75, 3.05) is 25.0 Å². The molecule has 6 nitrogen and oxygen atoms in total. The number of amides is 2. The molecule has 1 fully saturated rings. The molecule has 2 amide bonds. The molecule has 2 aromatic rings. The highest BCUT2D eigenvalue weighted by atomic mass is 32.1. The number of rotatable bonds is 6. The maximum Gasteiger partial charge on any atom is 0.264 e. The minimum atomic E-state index is -0.438. The second kappa shape index (κ2) is 8.82. The minimum Gasteiger partial charge on any atom is -0.492 e. The van der Waals surface area contributed by atoms with Gasteiger partial charge in [-0.15, -0.1) is 11.3 Å². The quantitative estimate of drug-likeness (QED) is 0.815. The molecule has 2 heterocycles. The number of thiophene rings is 1. The highest BCUT2D eigenvalue weighted by Crippen LogP contribution is 2.23. The van der Waals surface area contributed by atoms with Crippen LogP contribution in [0.15, 0.2) is 41.8 Å². The van der Waals surface area contributed by atoms with Crippen molar-refractivity contribution in [3.63, 3.8) is 0 Å². The molecule has 3 rings (SSSR count). The van der Waals surface area contributed by atoms with E-state index in [0.717, 1.165) is 12.8 Å². The number of ether oxygens (including phenoxy) is 1. The Morgan fingerprint density at radius 1 is 1.23 bits per heavy atom. The van der Waals surface area contributed by atoms with Gasteiger partial charge in [0.25, 0.3) is 5.91 Å². The Balaban J connectivity index is 1.66. The first kappa shape index (κ1) is 18.4. The van der Waals surface area contributed by atoms with Crippen molar-refractivity contribution in [1.29, 1.82) is 0 Å².